The van der Waals surface area contributed by atoms with E-state index in [4.69, 9.17) is 21.3 Å². The third-order valence-electron chi connectivity index (χ3n) is 4.92. The molecule has 0 saturated carbocycles. The van der Waals surface area contributed by atoms with Gasteiger partial charge in [0.25, 0.3) is 0 Å². The average Bonchev–Trinajstić information content (AvgIpc) is 2.63. The number of piperidine rings is 1. The molecular formula is C20H28ClN3O2. The molecule has 1 fully saturated rings. The standard InChI is InChI=1S/C20H28ClN3O2/c1-2-3-4-5-7-10-22-20(25)26-18-12-15-14-24-11-8-6-9-19(24)23-17(15)13-16(18)21/h13-14H,2-12H2,1H3,(H,22,25). The van der Waals surface area contributed by atoms with Gasteiger partial charge in [-0.05, 0) is 25.3 Å². The largest absolute Gasteiger partial charge is 0.413 e. The fourth-order valence-electron chi connectivity index (χ4n) is 3.43. The van der Waals surface area contributed by atoms with Crippen LogP contribution >= 0.6 is 11.6 Å². The first kappa shape index (κ1) is 19.0. The van der Waals surface area contributed by atoms with E-state index in [-0.39, 0.29) is 0 Å². The molecule has 1 aliphatic carbocycles. The Balaban J connectivity index is 1.53. The molecule has 26 heavy (non-hydrogen) atoms. The average molecular weight is 378 g/mol. The minimum atomic E-state index is -0.427. The molecule has 1 saturated heterocycles. The van der Waals surface area contributed by atoms with Crippen molar-refractivity contribution >= 4 is 23.5 Å². The number of alkyl carbamates (subject to hydrolysis) is 1. The molecule has 2 aliphatic heterocycles. The second-order valence-electron chi connectivity index (χ2n) is 7.04. The van der Waals surface area contributed by atoms with Gasteiger partial charge in [0, 0.05) is 37.7 Å². The number of amides is 1. The Morgan fingerprint density at radius 3 is 3.00 bits per heavy atom. The van der Waals surface area contributed by atoms with Gasteiger partial charge in [-0.1, -0.05) is 44.2 Å². The fourth-order valence-corrected chi connectivity index (χ4v) is 3.64. The molecule has 0 bridgehead atoms. The van der Waals surface area contributed by atoms with Crippen LogP contribution in [0.1, 0.15) is 64.7 Å². The third kappa shape index (κ3) is 4.91. The summed E-state index contributed by atoms with van der Waals surface area (Å²) >= 11 is 6.33. The number of aliphatic imine (C=N–C) groups is 1. The van der Waals surface area contributed by atoms with Crippen molar-refractivity contribution in [3.05, 3.63) is 34.3 Å². The first-order chi connectivity index (χ1) is 12.7. The van der Waals surface area contributed by atoms with Gasteiger partial charge in [-0.2, -0.15) is 0 Å². The van der Waals surface area contributed by atoms with Crippen LogP contribution in [0.15, 0.2) is 39.3 Å². The normalized spacial score (nSPS) is 19.2. The van der Waals surface area contributed by atoms with E-state index in [9.17, 15) is 4.79 Å². The summed E-state index contributed by atoms with van der Waals surface area (Å²) in [5, 5.41) is 3.27. The maximum absolute atomic E-state index is 12.0. The smallest absolute Gasteiger partial charge is 0.412 e. The first-order valence-electron chi connectivity index (χ1n) is 9.78. The Morgan fingerprint density at radius 1 is 1.31 bits per heavy atom. The van der Waals surface area contributed by atoms with Crippen molar-refractivity contribution in [1.82, 2.24) is 10.2 Å². The zero-order valence-electron chi connectivity index (χ0n) is 15.5. The molecule has 142 valence electrons. The van der Waals surface area contributed by atoms with Crippen LogP contribution in [0.4, 0.5) is 4.79 Å². The lowest BCUT2D eigenvalue weighted by molar-refractivity contribution is 0.173. The lowest BCUT2D eigenvalue weighted by Crippen LogP contribution is -2.34. The molecule has 0 spiro atoms. The number of ether oxygens (including phenoxy) is 1. The van der Waals surface area contributed by atoms with Crippen LogP contribution < -0.4 is 5.32 Å². The van der Waals surface area contributed by atoms with E-state index in [1.54, 1.807) is 0 Å². The van der Waals surface area contributed by atoms with E-state index in [1.165, 1.54) is 32.1 Å². The van der Waals surface area contributed by atoms with Gasteiger partial charge in [0.2, 0.25) is 0 Å². The number of unbranched alkanes of at least 4 members (excludes halogenated alkanes) is 4. The summed E-state index contributed by atoms with van der Waals surface area (Å²) in [6.07, 6.45) is 13.2. The number of carbonyl (C=O) groups excluding carboxylic acids is 1. The zero-order valence-corrected chi connectivity index (χ0v) is 16.3. The Morgan fingerprint density at radius 2 is 2.15 bits per heavy atom. The summed E-state index contributed by atoms with van der Waals surface area (Å²) in [5.41, 5.74) is 1.95. The van der Waals surface area contributed by atoms with Gasteiger partial charge in [0.15, 0.2) is 0 Å². The predicted octanol–water partition coefficient (Wildman–Crippen LogP) is 5.20. The molecule has 6 heteroatoms. The molecule has 0 aromatic carbocycles. The summed E-state index contributed by atoms with van der Waals surface area (Å²) in [4.78, 5) is 19.0. The van der Waals surface area contributed by atoms with Crippen molar-refractivity contribution in [2.75, 3.05) is 13.1 Å². The number of amidine groups is 1. The van der Waals surface area contributed by atoms with Crippen LogP contribution in [0.2, 0.25) is 0 Å². The topological polar surface area (TPSA) is 53.9 Å². The lowest BCUT2D eigenvalue weighted by atomic mass is 10.00. The highest BCUT2D eigenvalue weighted by atomic mass is 35.5. The minimum absolute atomic E-state index is 0.427. The number of carbonyl (C=O) groups is 1. The summed E-state index contributed by atoms with van der Waals surface area (Å²) < 4.78 is 5.46. The Bertz CT molecular complexity index is 664. The van der Waals surface area contributed by atoms with Crippen LogP contribution in [0, 0.1) is 0 Å². The van der Waals surface area contributed by atoms with Crippen molar-refractivity contribution in [1.29, 1.82) is 0 Å². The van der Waals surface area contributed by atoms with Gasteiger partial charge >= 0.3 is 6.09 Å². The number of rotatable bonds is 7. The number of halogens is 1. The number of allylic oxidation sites excluding steroid dienone is 4. The molecule has 3 aliphatic rings. The summed E-state index contributed by atoms with van der Waals surface area (Å²) in [6.45, 7) is 3.83. The molecule has 2 heterocycles. The molecule has 0 radical (unpaired) electrons. The van der Waals surface area contributed by atoms with Gasteiger partial charge < -0.3 is 15.0 Å². The molecule has 1 N–H and O–H groups in total. The van der Waals surface area contributed by atoms with Crippen LogP contribution in [-0.2, 0) is 4.74 Å². The van der Waals surface area contributed by atoms with Crippen molar-refractivity contribution in [3.63, 3.8) is 0 Å². The van der Waals surface area contributed by atoms with Crippen molar-refractivity contribution in [3.8, 4) is 0 Å². The predicted molar refractivity (Wildman–Crippen MR) is 105 cm³/mol. The van der Waals surface area contributed by atoms with Gasteiger partial charge in [-0.3, -0.25) is 0 Å². The monoisotopic (exact) mass is 377 g/mol. The van der Waals surface area contributed by atoms with Crippen LogP contribution in [-0.4, -0.2) is 29.9 Å². The molecular weight excluding hydrogens is 350 g/mol. The number of fused-ring (bicyclic) bond motifs is 2. The number of nitrogens with zero attached hydrogens (tertiary/aromatic N) is 2. The van der Waals surface area contributed by atoms with Crippen LogP contribution in [0.5, 0.6) is 0 Å². The van der Waals surface area contributed by atoms with Gasteiger partial charge in [-0.25, -0.2) is 9.79 Å². The van der Waals surface area contributed by atoms with E-state index < -0.39 is 6.09 Å². The summed E-state index contributed by atoms with van der Waals surface area (Å²) in [7, 11) is 0. The summed E-state index contributed by atoms with van der Waals surface area (Å²) in [5.74, 6) is 1.61. The SMILES string of the molecule is CCCCCCCNC(=O)OC1=C(Cl)C=C2N=C3CCCCN3C=C2C1. The zero-order chi connectivity index (χ0) is 18.4. The van der Waals surface area contributed by atoms with E-state index in [0.29, 0.717) is 23.8 Å². The van der Waals surface area contributed by atoms with Crippen molar-refractivity contribution < 1.29 is 9.53 Å². The number of hydrogen-bond acceptors (Lipinski definition) is 4. The van der Waals surface area contributed by atoms with Crippen LogP contribution in [0.3, 0.4) is 0 Å². The van der Waals surface area contributed by atoms with E-state index >= 15 is 0 Å². The molecule has 0 atom stereocenters. The molecule has 3 rings (SSSR count). The highest BCUT2D eigenvalue weighted by Crippen LogP contribution is 2.35. The first-order valence-corrected chi connectivity index (χ1v) is 10.2. The van der Waals surface area contributed by atoms with Gasteiger partial charge in [0.1, 0.15) is 11.6 Å². The Labute approximate surface area is 160 Å². The quantitative estimate of drug-likeness (QED) is 0.620. The van der Waals surface area contributed by atoms with Crippen LogP contribution in [0.25, 0.3) is 0 Å². The maximum Gasteiger partial charge on any atom is 0.412 e. The minimum Gasteiger partial charge on any atom is -0.413 e. The number of nitrogens with one attached hydrogen (secondary N) is 1. The van der Waals surface area contributed by atoms with Gasteiger partial charge in [0.05, 0.1) is 10.7 Å². The highest BCUT2D eigenvalue weighted by Gasteiger charge is 2.26. The number of hydrogen-bond donors (Lipinski definition) is 1. The second kappa shape index (κ2) is 9.26. The molecule has 0 aromatic rings. The third-order valence-corrected chi connectivity index (χ3v) is 5.24. The van der Waals surface area contributed by atoms with Crippen molar-refractivity contribution in [2.45, 2.75) is 64.7 Å². The second-order valence-corrected chi connectivity index (χ2v) is 7.45. The molecule has 1 amide bonds. The Hall–Kier alpha value is -1.75. The van der Waals surface area contributed by atoms with Gasteiger partial charge in [-0.15, -0.1) is 0 Å². The molecule has 0 unspecified atom stereocenters. The fraction of sp³-hybridized carbons (Fsp3) is 0.600. The maximum atomic E-state index is 12.0. The highest BCUT2D eigenvalue weighted by molar-refractivity contribution is 6.31. The molecule has 0 aromatic heterocycles. The van der Waals surface area contributed by atoms with Crippen molar-refractivity contribution in [2.24, 2.45) is 4.99 Å². The van der Waals surface area contributed by atoms with E-state index in [0.717, 1.165) is 42.9 Å². The summed E-state index contributed by atoms with van der Waals surface area (Å²) in [6, 6.07) is 0. The van der Waals surface area contributed by atoms with E-state index in [2.05, 4.69) is 23.3 Å². The molecule has 5 nitrogen and oxygen atoms in total. The lowest BCUT2D eigenvalue weighted by Gasteiger charge is -2.33. The Kier molecular flexibility index (Phi) is 6.78. The van der Waals surface area contributed by atoms with E-state index in [1.807, 2.05) is 6.08 Å².